The van der Waals surface area contributed by atoms with Gasteiger partial charge in [0.25, 0.3) is 0 Å². The number of carboxylic acid groups (broad SMARTS) is 2. The summed E-state index contributed by atoms with van der Waals surface area (Å²) < 4.78 is 23.6. The maximum atomic E-state index is 11.6. The Morgan fingerprint density at radius 3 is 2.22 bits per heavy atom. The van der Waals surface area contributed by atoms with E-state index in [4.69, 9.17) is 10.2 Å². The molecule has 0 aliphatic carbocycles. The second-order valence-electron chi connectivity index (χ2n) is 4.13. The van der Waals surface area contributed by atoms with Gasteiger partial charge in [0, 0.05) is 12.2 Å². The monoisotopic (exact) mass is 369 g/mol. The Morgan fingerprint density at radius 1 is 1.17 bits per heavy atom. The SMILES string of the molecule is O=C(O)CNC(=O)C(CS)NC(=O)CCC(N=S(=O)=O)C(=O)O. The minimum absolute atomic E-state index is 0.117. The van der Waals surface area contributed by atoms with Crippen molar-refractivity contribution in [3.8, 4) is 0 Å². The van der Waals surface area contributed by atoms with Gasteiger partial charge in [0.2, 0.25) is 11.8 Å². The first kappa shape index (κ1) is 20.9. The summed E-state index contributed by atoms with van der Waals surface area (Å²) >= 11 is 3.84. The number of carbonyl (C=O) groups is 4. The summed E-state index contributed by atoms with van der Waals surface area (Å²) in [5.41, 5.74) is 0. The van der Waals surface area contributed by atoms with E-state index in [1.54, 1.807) is 0 Å². The van der Waals surface area contributed by atoms with Gasteiger partial charge in [0.1, 0.15) is 12.6 Å². The highest BCUT2D eigenvalue weighted by atomic mass is 32.2. The third-order valence-electron chi connectivity index (χ3n) is 2.39. The van der Waals surface area contributed by atoms with Crippen LogP contribution in [0.15, 0.2) is 4.36 Å². The van der Waals surface area contributed by atoms with E-state index in [1.807, 2.05) is 0 Å². The number of nitrogens with zero attached hydrogens (tertiary/aromatic N) is 1. The third-order valence-corrected chi connectivity index (χ3v) is 3.18. The highest BCUT2D eigenvalue weighted by molar-refractivity contribution is 7.80. The Kier molecular flexibility index (Phi) is 9.57. The average molecular weight is 369 g/mol. The van der Waals surface area contributed by atoms with Crippen LogP contribution in [0.3, 0.4) is 0 Å². The van der Waals surface area contributed by atoms with Crippen molar-refractivity contribution >= 4 is 46.9 Å². The van der Waals surface area contributed by atoms with Crippen molar-refractivity contribution < 1.29 is 37.8 Å². The number of rotatable bonds is 10. The zero-order valence-corrected chi connectivity index (χ0v) is 13.3. The topological polar surface area (TPSA) is 179 Å². The summed E-state index contributed by atoms with van der Waals surface area (Å²) in [7, 11) is -2.93. The second kappa shape index (κ2) is 10.6. The lowest BCUT2D eigenvalue weighted by Gasteiger charge is -2.16. The molecular formula is C10H15N3O8S2. The first-order chi connectivity index (χ1) is 10.7. The van der Waals surface area contributed by atoms with Crippen LogP contribution in [0.1, 0.15) is 12.8 Å². The number of carbonyl (C=O) groups excluding carboxylic acids is 2. The van der Waals surface area contributed by atoms with Crippen molar-refractivity contribution in [3.63, 3.8) is 0 Å². The second-order valence-corrected chi connectivity index (χ2v) is 5.14. The number of carboxylic acids is 2. The van der Waals surface area contributed by atoms with Gasteiger partial charge in [0.15, 0.2) is 6.04 Å². The van der Waals surface area contributed by atoms with Gasteiger partial charge in [-0.15, -0.1) is 0 Å². The zero-order chi connectivity index (χ0) is 18.0. The van der Waals surface area contributed by atoms with E-state index >= 15 is 0 Å². The molecule has 0 saturated carbocycles. The van der Waals surface area contributed by atoms with Gasteiger partial charge in [-0.25, -0.2) is 4.79 Å². The third kappa shape index (κ3) is 9.46. The molecule has 23 heavy (non-hydrogen) atoms. The number of aliphatic carboxylic acids is 2. The van der Waals surface area contributed by atoms with Gasteiger partial charge in [-0.05, 0) is 6.42 Å². The minimum atomic E-state index is -2.93. The lowest BCUT2D eigenvalue weighted by molar-refractivity contribution is -0.139. The van der Waals surface area contributed by atoms with Crippen LogP contribution in [-0.2, 0) is 29.7 Å². The van der Waals surface area contributed by atoms with E-state index in [1.165, 1.54) is 0 Å². The molecule has 0 fully saturated rings. The van der Waals surface area contributed by atoms with Gasteiger partial charge in [-0.3, -0.25) is 14.4 Å². The molecule has 2 amide bonds. The van der Waals surface area contributed by atoms with E-state index < -0.39 is 59.3 Å². The average Bonchev–Trinajstić information content (AvgIpc) is 2.45. The van der Waals surface area contributed by atoms with E-state index in [0.717, 1.165) is 0 Å². The van der Waals surface area contributed by atoms with E-state index in [-0.39, 0.29) is 12.2 Å². The summed E-state index contributed by atoms with van der Waals surface area (Å²) in [6.45, 7) is -0.631. The molecule has 2 unspecified atom stereocenters. The molecule has 0 aromatic heterocycles. The fourth-order valence-corrected chi connectivity index (χ4v) is 2.00. The highest BCUT2D eigenvalue weighted by Gasteiger charge is 2.22. The minimum Gasteiger partial charge on any atom is -0.480 e. The fraction of sp³-hybridized carbons (Fsp3) is 0.600. The molecule has 0 radical (unpaired) electrons. The van der Waals surface area contributed by atoms with Crippen LogP contribution in [0.25, 0.3) is 0 Å². The molecule has 0 aromatic rings. The van der Waals surface area contributed by atoms with Gasteiger partial charge in [-0.1, -0.05) is 0 Å². The van der Waals surface area contributed by atoms with Crippen molar-refractivity contribution in [2.45, 2.75) is 24.9 Å². The van der Waals surface area contributed by atoms with Gasteiger partial charge in [0.05, 0.1) is 0 Å². The number of hydrogen-bond acceptors (Lipinski definition) is 8. The lowest BCUT2D eigenvalue weighted by Crippen LogP contribution is -2.49. The quantitative estimate of drug-likeness (QED) is 0.272. The summed E-state index contributed by atoms with van der Waals surface area (Å²) in [6.07, 6.45) is -0.778. The van der Waals surface area contributed by atoms with Crippen LogP contribution in [0.4, 0.5) is 0 Å². The summed E-state index contributed by atoms with van der Waals surface area (Å²) in [4.78, 5) is 44.3. The molecule has 0 aliphatic rings. The molecule has 0 saturated heterocycles. The molecule has 0 heterocycles. The largest absolute Gasteiger partial charge is 0.480 e. The predicted molar refractivity (Wildman–Crippen MR) is 78.4 cm³/mol. The van der Waals surface area contributed by atoms with E-state index in [2.05, 4.69) is 27.6 Å². The molecule has 4 N–H and O–H groups in total. The zero-order valence-electron chi connectivity index (χ0n) is 11.6. The lowest BCUT2D eigenvalue weighted by atomic mass is 10.1. The number of hydrogen-bond donors (Lipinski definition) is 5. The van der Waals surface area contributed by atoms with Crippen LogP contribution in [0, 0.1) is 0 Å². The first-order valence-corrected chi connectivity index (χ1v) is 7.76. The van der Waals surface area contributed by atoms with Crippen LogP contribution in [-0.4, -0.2) is 66.8 Å². The molecule has 0 aromatic carbocycles. The maximum Gasteiger partial charge on any atom is 0.329 e. The molecule has 0 rings (SSSR count). The van der Waals surface area contributed by atoms with Gasteiger partial charge >= 0.3 is 22.4 Å². The maximum absolute atomic E-state index is 11.6. The molecule has 11 nitrogen and oxygen atoms in total. The Labute approximate surface area is 137 Å². The molecule has 13 heteroatoms. The summed E-state index contributed by atoms with van der Waals surface area (Å²) in [5.74, 6) is -4.39. The summed E-state index contributed by atoms with van der Waals surface area (Å²) in [5, 5.41) is 21.5. The van der Waals surface area contributed by atoms with Crippen molar-refractivity contribution in [2.24, 2.45) is 4.36 Å². The number of nitrogens with one attached hydrogen (secondary N) is 2. The van der Waals surface area contributed by atoms with E-state index in [9.17, 15) is 27.6 Å². The van der Waals surface area contributed by atoms with Crippen molar-refractivity contribution in [1.82, 2.24) is 10.6 Å². The Bertz CT molecular complexity index is 595. The molecule has 0 aliphatic heterocycles. The van der Waals surface area contributed by atoms with Crippen molar-refractivity contribution in [3.05, 3.63) is 0 Å². The van der Waals surface area contributed by atoms with Crippen LogP contribution in [0.2, 0.25) is 0 Å². The number of thiol groups is 1. The highest BCUT2D eigenvalue weighted by Crippen LogP contribution is 2.03. The Morgan fingerprint density at radius 2 is 1.78 bits per heavy atom. The van der Waals surface area contributed by atoms with Crippen LogP contribution in [0.5, 0.6) is 0 Å². The van der Waals surface area contributed by atoms with E-state index in [0.29, 0.717) is 0 Å². The normalized spacial score (nSPS) is 12.6. The molecular weight excluding hydrogens is 354 g/mol. The molecule has 0 spiro atoms. The Hall–Kier alpha value is -2.15. The van der Waals surface area contributed by atoms with Crippen molar-refractivity contribution in [2.75, 3.05) is 12.3 Å². The predicted octanol–water partition coefficient (Wildman–Crippen LogP) is -2.10. The van der Waals surface area contributed by atoms with Crippen LogP contribution >= 0.6 is 12.6 Å². The molecule has 0 bridgehead atoms. The van der Waals surface area contributed by atoms with Gasteiger partial charge in [-0.2, -0.15) is 25.4 Å². The Balaban J connectivity index is 4.54. The molecule has 2 atom stereocenters. The number of amides is 2. The van der Waals surface area contributed by atoms with Crippen LogP contribution < -0.4 is 10.6 Å². The summed E-state index contributed by atoms with van der Waals surface area (Å²) in [6, 6.07) is -2.71. The fourth-order valence-electron chi connectivity index (χ4n) is 1.34. The molecule has 130 valence electrons. The smallest absolute Gasteiger partial charge is 0.329 e. The van der Waals surface area contributed by atoms with Crippen molar-refractivity contribution in [1.29, 1.82) is 0 Å². The standard InChI is InChI=1S/C10H15N3O8S2/c14-7(2-1-5(10(18)19)13-23(20)21)12-6(4-22)9(17)11-3-8(15)16/h5-6,22H,1-4H2,(H,11,17)(H,12,14)(H,15,16)(H,18,19). The van der Waals surface area contributed by atoms with Gasteiger partial charge < -0.3 is 20.8 Å². The first-order valence-electron chi connectivity index (χ1n) is 6.10.